The number of rotatable bonds is 4. The van der Waals surface area contributed by atoms with Crippen molar-refractivity contribution in [3.05, 3.63) is 0 Å². The Morgan fingerprint density at radius 3 is 2.86 bits per heavy atom. The molecule has 0 aliphatic heterocycles. The van der Waals surface area contributed by atoms with Gasteiger partial charge >= 0.3 is 6.47 Å². The van der Waals surface area contributed by atoms with E-state index in [1.807, 2.05) is 0 Å². The van der Waals surface area contributed by atoms with E-state index < -0.39 is 0 Å². The van der Waals surface area contributed by atoms with Gasteiger partial charge in [-0.2, -0.15) is 0 Å². The average Bonchev–Trinajstić information content (AvgIpc) is 1.69. The van der Waals surface area contributed by atoms with Gasteiger partial charge in [-0.25, -0.2) is 4.79 Å². The van der Waals surface area contributed by atoms with Crippen molar-refractivity contribution in [2.75, 3.05) is 11.0 Å². The van der Waals surface area contributed by atoms with Crippen LogP contribution in [0, 0.1) is 0 Å². The molecule has 0 unspecified atom stereocenters. The highest BCUT2D eigenvalue weighted by molar-refractivity contribution is 14.1. The van der Waals surface area contributed by atoms with E-state index >= 15 is 0 Å². The molecule has 0 aliphatic rings. The minimum Gasteiger partial charge on any atom is -0.457 e. The van der Waals surface area contributed by atoms with Crippen molar-refractivity contribution >= 4 is 29.1 Å². The Kier molecular flexibility index (Phi) is 6.38. The molecule has 0 bridgehead atoms. The lowest BCUT2D eigenvalue weighted by molar-refractivity contribution is 0.280. The molecule has 7 heavy (non-hydrogen) atoms. The molecule has 0 aromatic carbocycles. The van der Waals surface area contributed by atoms with Crippen molar-refractivity contribution in [2.24, 2.45) is 0 Å². The molecule has 0 saturated carbocycles. The topological polar surface area (TPSA) is 26.3 Å². The molecule has 0 fully saturated rings. The second kappa shape index (κ2) is 6.20. The predicted molar refractivity (Wildman–Crippen MR) is 35.1 cm³/mol. The molecule has 3 heteroatoms. The fraction of sp³-hybridized carbons (Fsp3) is 0.750. The van der Waals surface area contributed by atoms with E-state index in [9.17, 15) is 4.79 Å². The summed E-state index contributed by atoms with van der Waals surface area (Å²) in [6.45, 7) is 1.86. The maximum absolute atomic E-state index is 9.33. The van der Waals surface area contributed by atoms with Gasteiger partial charge in [0.2, 0.25) is 0 Å². The average molecular weight is 213 g/mol. The molecule has 2 nitrogen and oxygen atoms in total. The van der Waals surface area contributed by atoms with Gasteiger partial charge in [0, 0.05) is 4.43 Å². The van der Waals surface area contributed by atoms with Gasteiger partial charge in [-0.15, -0.1) is 0 Å². The normalized spacial score (nSPS) is 8.14. The molecule has 0 N–H and O–H groups in total. The number of hydrogen-bond acceptors (Lipinski definition) is 2. The van der Waals surface area contributed by atoms with Crippen LogP contribution in [0.5, 0.6) is 0 Å². The van der Waals surface area contributed by atoms with Crippen LogP contribution >= 0.6 is 22.6 Å². The predicted octanol–water partition coefficient (Wildman–Crippen LogP) is 0.895. The Morgan fingerprint density at radius 1 is 1.71 bits per heavy atom. The fourth-order valence-electron chi connectivity index (χ4n) is 0.168. The molecular formula is C4H6IO2. The zero-order valence-electron chi connectivity index (χ0n) is 3.82. The largest absolute Gasteiger partial charge is 0.457 e. The lowest BCUT2D eigenvalue weighted by Crippen LogP contribution is -1.90. The fourth-order valence-corrected chi connectivity index (χ4v) is 0.480. The molecular weight excluding hydrogens is 207 g/mol. The zero-order chi connectivity index (χ0) is 5.54. The van der Waals surface area contributed by atoms with Crippen molar-refractivity contribution in [1.82, 2.24) is 0 Å². The van der Waals surface area contributed by atoms with Crippen LogP contribution in [0.2, 0.25) is 0 Å². The van der Waals surface area contributed by atoms with Gasteiger partial charge in [0.15, 0.2) is 0 Å². The standard InChI is InChI=1S/C4H6IO2/c5-2-1-3-7-4-6/h1-3H2. The van der Waals surface area contributed by atoms with E-state index in [0.29, 0.717) is 6.61 Å². The van der Waals surface area contributed by atoms with Crippen LogP contribution in [0.25, 0.3) is 0 Å². The van der Waals surface area contributed by atoms with Gasteiger partial charge < -0.3 is 4.74 Å². The van der Waals surface area contributed by atoms with Crippen LogP contribution in [0.3, 0.4) is 0 Å². The molecule has 0 rings (SSSR count). The van der Waals surface area contributed by atoms with Gasteiger partial charge in [0.1, 0.15) is 0 Å². The molecule has 0 heterocycles. The Hall–Kier alpha value is 0.200. The first-order valence-corrected chi connectivity index (χ1v) is 3.49. The molecule has 0 amide bonds. The Balaban J connectivity index is 2.56. The summed E-state index contributed by atoms with van der Waals surface area (Å²) in [6, 6.07) is 0. The summed E-state index contributed by atoms with van der Waals surface area (Å²) in [5.41, 5.74) is 0. The molecule has 0 atom stereocenters. The van der Waals surface area contributed by atoms with Crippen LogP contribution in [0.1, 0.15) is 6.42 Å². The van der Waals surface area contributed by atoms with Crippen molar-refractivity contribution in [3.63, 3.8) is 0 Å². The smallest absolute Gasteiger partial charge is 0.417 e. The highest BCUT2D eigenvalue weighted by Gasteiger charge is 1.80. The van der Waals surface area contributed by atoms with Gasteiger partial charge in [-0.3, -0.25) is 0 Å². The van der Waals surface area contributed by atoms with E-state index in [2.05, 4.69) is 27.3 Å². The van der Waals surface area contributed by atoms with Crippen molar-refractivity contribution in [1.29, 1.82) is 0 Å². The zero-order valence-corrected chi connectivity index (χ0v) is 5.97. The SMILES string of the molecule is O=[C]OCCCI. The van der Waals surface area contributed by atoms with Crippen LogP contribution in [0.4, 0.5) is 0 Å². The van der Waals surface area contributed by atoms with Crippen LogP contribution in [-0.2, 0) is 9.53 Å². The maximum Gasteiger partial charge on any atom is 0.417 e. The Labute approximate surface area is 56.4 Å². The van der Waals surface area contributed by atoms with Gasteiger partial charge in [0.25, 0.3) is 0 Å². The number of halogens is 1. The lowest BCUT2D eigenvalue weighted by Gasteiger charge is -1.88. The summed E-state index contributed by atoms with van der Waals surface area (Å²) in [5.74, 6) is 0. The van der Waals surface area contributed by atoms with Gasteiger partial charge in [-0.05, 0) is 6.42 Å². The quantitative estimate of drug-likeness (QED) is 0.394. The Bertz CT molecular complexity index is 47.0. The number of alkyl halides is 1. The van der Waals surface area contributed by atoms with Crippen molar-refractivity contribution in [2.45, 2.75) is 6.42 Å². The highest BCUT2D eigenvalue weighted by atomic mass is 127. The summed E-state index contributed by atoms with van der Waals surface area (Å²) in [4.78, 5) is 9.33. The lowest BCUT2D eigenvalue weighted by atomic mass is 10.5. The third-order valence-corrected chi connectivity index (χ3v) is 1.20. The maximum atomic E-state index is 9.33. The minimum absolute atomic E-state index is 0.506. The molecule has 0 saturated heterocycles. The molecule has 41 valence electrons. The van der Waals surface area contributed by atoms with E-state index in [4.69, 9.17) is 0 Å². The van der Waals surface area contributed by atoms with Crippen molar-refractivity contribution < 1.29 is 9.53 Å². The first kappa shape index (κ1) is 7.20. The van der Waals surface area contributed by atoms with E-state index in [-0.39, 0.29) is 0 Å². The molecule has 0 aromatic heterocycles. The number of hydrogen-bond donors (Lipinski definition) is 0. The number of ether oxygens (including phenoxy) is 1. The molecule has 1 radical (unpaired) electrons. The summed E-state index contributed by atoms with van der Waals surface area (Å²) in [6.07, 6.45) is 0.926. The minimum atomic E-state index is 0.506. The first-order valence-electron chi connectivity index (χ1n) is 1.96. The van der Waals surface area contributed by atoms with E-state index in [0.717, 1.165) is 10.8 Å². The van der Waals surface area contributed by atoms with Crippen LogP contribution in [0.15, 0.2) is 0 Å². The Morgan fingerprint density at radius 2 is 2.43 bits per heavy atom. The van der Waals surface area contributed by atoms with Gasteiger partial charge in [0.05, 0.1) is 6.61 Å². The summed E-state index contributed by atoms with van der Waals surface area (Å²) >= 11 is 2.22. The summed E-state index contributed by atoms with van der Waals surface area (Å²) in [5, 5.41) is 0. The number of carbonyl (C=O) groups excluding carboxylic acids is 1. The molecule has 0 aromatic rings. The van der Waals surface area contributed by atoms with E-state index in [1.165, 1.54) is 6.47 Å². The van der Waals surface area contributed by atoms with Crippen molar-refractivity contribution in [3.8, 4) is 0 Å². The first-order chi connectivity index (χ1) is 3.41. The summed E-state index contributed by atoms with van der Waals surface area (Å²) < 4.78 is 5.29. The van der Waals surface area contributed by atoms with Crippen LogP contribution < -0.4 is 0 Å². The summed E-state index contributed by atoms with van der Waals surface area (Å²) in [7, 11) is 0. The monoisotopic (exact) mass is 213 g/mol. The molecule has 0 spiro atoms. The second-order valence-corrected chi connectivity index (χ2v) is 2.05. The highest BCUT2D eigenvalue weighted by Crippen LogP contribution is 1.86. The third kappa shape index (κ3) is 6.20. The van der Waals surface area contributed by atoms with E-state index in [1.54, 1.807) is 0 Å². The molecule has 0 aliphatic carbocycles. The second-order valence-electron chi connectivity index (χ2n) is 0.974. The van der Waals surface area contributed by atoms with Crippen LogP contribution in [-0.4, -0.2) is 17.5 Å². The van der Waals surface area contributed by atoms with Gasteiger partial charge in [-0.1, -0.05) is 22.6 Å². The third-order valence-electron chi connectivity index (χ3n) is 0.439.